The van der Waals surface area contributed by atoms with Crippen LogP contribution in [-0.2, 0) is 32.7 Å². The molecule has 84 heavy (non-hydrogen) atoms. The molecule has 0 N–H and O–H groups in total. The lowest BCUT2D eigenvalue weighted by atomic mass is 10.0. The summed E-state index contributed by atoms with van der Waals surface area (Å²) in [6.45, 7) is 4.18. The van der Waals surface area contributed by atoms with E-state index in [0.29, 0.717) is 17.4 Å². The molecule has 0 saturated heterocycles. The molecule has 0 rings (SSSR count). The van der Waals surface area contributed by atoms with Crippen LogP contribution in [0.5, 0.6) is 0 Å². The fraction of sp³-hybridized carbons (Fsp3) is 0.811. The lowest BCUT2D eigenvalue weighted by molar-refractivity contribution is -0.870. The van der Waals surface area contributed by atoms with Crippen LogP contribution in [0.3, 0.4) is 0 Å². The van der Waals surface area contributed by atoms with Gasteiger partial charge in [0.2, 0.25) is 0 Å². The van der Waals surface area contributed by atoms with Gasteiger partial charge in [0.15, 0.2) is 6.10 Å². The Balaban J connectivity index is 3.92. The molecule has 0 heterocycles. The predicted octanol–water partition coefficient (Wildman–Crippen LogP) is 22.5. The number of rotatable bonds is 66. The summed E-state index contributed by atoms with van der Waals surface area (Å²) in [5, 5.41) is 0. The van der Waals surface area contributed by atoms with E-state index in [9.17, 15) is 19.0 Å². The molecule has 0 aromatic rings. The minimum Gasteiger partial charge on any atom is -0.756 e. The van der Waals surface area contributed by atoms with Crippen molar-refractivity contribution in [3.8, 4) is 0 Å². The van der Waals surface area contributed by atoms with Crippen LogP contribution in [0.2, 0.25) is 0 Å². The summed E-state index contributed by atoms with van der Waals surface area (Å²) in [6.07, 6.45) is 87.1. The summed E-state index contributed by atoms with van der Waals surface area (Å²) in [5.41, 5.74) is 0. The molecule has 0 aliphatic heterocycles. The maximum atomic E-state index is 12.9. The van der Waals surface area contributed by atoms with E-state index < -0.39 is 26.5 Å². The number of carbonyl (C=O) groups is 2. The summed E-state index contributed by atoms with van der Waals surface area (Å²) in [5.74, 6) is -0.814. The first-order chi connectivity index (χ1) is 41.0. The number of phosphoric acid groups is 1. The maximum Gasteiger partial charge on any atom is 0.306 e. The van der Waals surface area contributed by atoms with E-state index in [1.807, 2.05) is 21.1 Å². The quantitative estimate of drug-likeness (QED) is 0.0195. The van der Waals surface area contributed by atoms with Gasteiger partial charge in [-0.15, -0.1) is 0 Å². The molecular formula is C74H136NO8P. The molecule has 2 atom stereocenters. The highest BCUT2D eigenvalue weighted by Gasteiger charge is 2.22. The van der Waals surface area contributed by atoms with Crippen molar-refractivity contribution in [3.05, 3.63) is 72.9 Å². The largest absolute Gasteiger partial charge is 0.756 e. The van der Waals surface area contributed by atoms with Gasteiger partial charge in [-0.05, 0) is 64.2 Å². The molecule has 0 aliphatic rings. The smallest absolute Gasteiger partial charge is 0.306 e. The Labute approximate surface area is 520 Å². The molecule has 0 fully saturated rings. The zero-order valence-corrected chi connectivity index (χ0v) is 56.7. The number of unbranched alkanes of at least 4 members (excludes halogenated alkanes) is 40. The molecule has 0 bridgehead atoms. The van der Waals surface area contributed by atoms with Crippen molar-refractivity contribution in [1.82, 2.24) is 0 Å². The van der Waals surface area contributed by atoms with Crippen LogP contribution in [0.25, 0.3) is 0 Å². The predicted molar refractivity (Wildman–Crippen MR) is 360 cm³/mol. The fourth-order valence-electron chi connectivity index (χ4n) is 10.3. The third kappa shape index (κ3) is 68.6. The van der Waals surface area contributed by atoms with E-state index in [1.54, 1.807) is 0 Å². The van der Waals surface area contributed by atoms with Crippen molar-refractivity contribution < 1.29 is 42.1 Å². The van der Waals surface area contributed by atoms with E-state index >= 15 is 0 Å². The molecule has 9 nitrogen and oxygen atoms in total. The number of phosphoric ester groups is 1. The van der Waals surface area contributed by atoms with Crippen molar-refractivity contribution in [2.75, 3.05) is 47.5 Å². The zero-order chi connectivity index (χ0) is 61.2. The Morgan fingerprint density at radius 1 is 0.381 bits per heavy atom. The maximum absolute atomic E-state index is 12.9. The highest BCUT2D eigenvalue weighted by atomic mass is 31.2. The van der Waals surface area contributed by atoms with Crippen molar-refractivity contribution in [1.29, 1.82) is 0 Å². The van der Waals surface area contributed by atoms with Crippen LogP contribution in [0, 0.1) is 0 Å². The first-order valence-electron chi connectivity index (χ1n) is 35.6. The Bertz CT molecular complexity index is 1650. The second kappa shape index (κ2) is 64.9. The number of ether oxygens (including phenoxy) is 2. The minimum atomic E-state index is -4.64. The van der Waals surface area contributed by atoms with Crippen LogP contribution in [-0.4, -0.2) is 70.0 Å². The number of nitrogens with zero attached hydrogens (tertiary/aromatic N) is 1. The van der Waals surface area contributed by atoms with Gasteiger partial charge in [-0.25, -0.2) is 0 Å². The fourth-order valence-corrected chi connectivity index (χ4v) is 11.0. The van der Waals surface area contributed by atoms with Gasteiger partial charge in [-0.1, -0.05) is 331 Å². The van der Waals surface area contributed by atoms with Gasteiger partial charge in [-0.3, -0.25) is 14.2 Å². The minimum absolute atomic E-state index is 0.0286. The Morgan fingerprint density at radius 3 is 1.01 bits per heavy atom. The molecule has 10 heteroatoms. The SMILES string of the molecule is CC/C=C\C/C=C\C/C=C\C/C=C\C/C=C\C/C=C\CCCCCCCCCCCCCCCCCCCCCCCCC(=O)OC(COC(=O)CCCCCCCCCCCCCCCCCCCCC)COP(=O)([O-])OCC[N+](C)(C)C. The molecule has 490 valence electrons. The summed E-state index contributed by atoms with van der Waals surface area (Å²) in [6, 6.07) is 0. The van der Waals surface area contributed by atoms with Crippen molar-refractivity contribution in [2.45, 2.75) is 341 Å². The Morgan fingerprint density at radius 2 is 0.679 bits per heavy atom. The monoisotopic (exact) mass is 1200 g/mol. The van der Waals surface area contributed by atoms with Gasteiger partial charge >= 0.3 is 11.9 Å². The van der Waals surface area contributed by atoms with Gasteiger partial charge in [0.05, 0.1) is 27.7 Å². The topological polar surface area (TPSA) is 111 Å². The lowest BCUT2D eigenvalue weighted by Gasteiger charge is -2.28. The molecule has 0 amide bonds. The number of hydrogen-bond donors (Lipinski definition) is 0. The van der Waals surface area contributed by atoms with Crippen molar-refractivity contribution in [2.24, 2.45) is 0 Å². The van der Waals surface area contributed by atoms with E-state index in [4.69, 9.17) is 18.5 Å². The first-order valence-corrected chi connectivity index (χ1v) is 37.1. The number of hydrogen-bond acceptors (Lipinski definition) is 8. The Kier molecular flexibility index (Phi) is 62.9. The van der Waals surface area contributed by atoms with Crippen LogP contribution < -0.4 is 4.89 Å². The zero-order valence-electron chi connectivity index (χ0n) is 55.8. The highest BCUT2D eigenvalue weighted by molar-refractivity contribution is 7.45. The van der Waals surface area contributed by atoms with Gasteiger partial charge in [0.25, 0.3) is 7.82 Å². The number of esters is 2. The lowest BCUT2D eigenvalue weighted by Crippen LogP contribution is -2.37. The van der Waals surface area contributed by atoms with Crippen molar-refractivity contribution >= 4 is 19.8 Å². The number of likely N-dealkylation sites (N-methyl/N-ethyl adjacent to an activating group) is 1. The third-order valence-corrected chi connectivity index (χ3v) is 16.7. The van der Waals surface area contributed by atoms with Crippen LogP contribution in [0.4, 0.5) is 0 Å². The van der Waals surface area contributed by atoms with E-state index in [1.165, 1.54) is 231 Å². The molecule has 0 aromatic carbocycles. The molecular weight excluding hydrogens is 1060 g/mol. The molecule has 0 aromatic heterocycles. The van der Waals surface area contributed by atoms with E-state index in [-0.39, 0.29) is 32.0 Å². The second-order valence-electron chi connectivity index (χ2n) is 25.2. The van der Waals surface area contributed by atoms with E-state index in [0.717, 1.165) is 70.6 Å². The van der Waals surface area contributed by atoms with Gasteiger partial charge in [0, 0.05) is 12.8 Å². The second-order valence-corrected chi connectivity index (χ2v) is 26.6. The van der Waals surface area contributed by atoms with Crippen molar-refractivity contribution in [3.63, 3.8) is 0 Å². The number of carbonyl (C=O) groups excluding carboxylic acids is 2. The molecule has 0 radical (unpaired) electrons. The molecule has 2 unspecified atom stereocenters. The standard InChI is InChI=1S/C74H136NO8P/c1-6-8-10-12-14-16-18-20-22-24-26-27-28-29-30-31-32-33-34-35-36-37-38-39-40-41-42-43-44-45-46-47-49-51-53-55-57-59-61-63-65-67-74(77)83-72(71-82-84(78,79)81-69-68-75(3,4)5)70-80-73(76)66-64-62-60-58-56-54-52-50-48-25-23-21-19-17-15-13-11-9-7-2/h8,10,14,16,20,22,26-27,29-30,32-33,72H,6-7,9,11-13,15,17-19,21,23-25,28,31,34-71H2,1-5H3/b10-8-,16-14-,22-20-,27-26-,30-29-,33-32-. The normalized spacial score (nSPS) is 13.5. The summed E-state index contributed by atoms with van der Waals surface area (Å²) in [4.78, 5) is 38.0. The average molecular weight is 1200 g/mol. The third-order valence-electron chi connectivity index (χ3n) is 15.7. The number of allylic oxidation sites excluding steroid dienone is 12. The summed E-state index contributed by atoms with van der Waals surface area (Å²) < 4.78 is 34.3. The van der Waals surface area contributed by atoms with E-state index in [2.05, 4.69) is 86.8 Å². The van der Waals surface area contributed by atoms with Crippen LogP contribution >= 0.6 is 7.82 Å². The average Bonchev–Trinajstić information content (AvgIpc) is 3.61. The Hall–Kier alpha value is -2.55. The van der Waals surface area contributed by atoms with Gasteiger partial charge < -0.3 is 27.9 Å². The molecule has 0 spiro atoms. The highest BCUT2D eigenvalue weighted by Crippen LogP contribution is 2.38. The van der Waals surface area contributed by atoms with Gasteiger partial charge in [0.1, 0.15) is 19.8 Å². The molecule has 0 aliphatic carbocycles. The summed E-state index contributed by atoms with van der Waals surface area (Å²) >= 11 is 0. The van der Waals surface area contributed by atoms with Crippen LogP contribution in [0.15, 0.2) is 72.9 Å². The molecule has 0 saturated carbocycles. The van der Waals surface area contributed by atoms with Gasteiger partial charge in [-0.2, -0.15) is 0 Å². The number of quaternary nitrogens is 1. The summed E-state index contributed by atoms with van der Waals surface area (Å²) in [7, 11) is 1.18. The first kappa shape index (κ1) is 81.5. The van der Waals surface area contributed by atoms with Crippen LogP contribution in [0.1, 0.15) is 335 Å².